The largest absolute Gasteiger partial charge is 0.506 e. The molecular formula is C14H12N2O8S. The zero-order chi connectivity index (χ0) is 18.9. The fraction of sp³-hybridized carbons (Fsp3) is 0.0714. The van der Waals surface area contributed by atoms with Crippen molar-refractivity contribution in [2.45, 2.75) is 11.8 Å². The highest BCUT2D eigenvalue weighted by molar-refractivity contribution is 7.89. The van der Waals surface area contributed by atoms with Gasteiger partial charge in [-0.05, 0) is 31.2 Å². The summed E-state index contributed by atoms with van der Waals surface area (Å²) in [6.07, 6.45) is 0. The molecule has 0 unspecified atom stereocenters. The zero-order valence-corrected chi connectivity index (χ0v) is 13.5. The number of sulfonamides is 1. The summed E-state index contributed by atoms with van der Waals surface area (Å²) in [6.45, 7) is 0.969. The molecule has 1 aromatic heterocycles. The highest BCUT2D eigenvalue weighted by Gasteiger charge is 2.27. The van der Waals surface area contributed by atoms with Crippen LogP contribution in [0.3, 0.4) is 0 Å². The van der Waals surface area contributed by atoms with Gasteiger partial charge in [-0.3, -0.25) is 9.59 Å². The van der Waals surface area contributed by atoms with Gasteiger partial charge < -0.3 is 19.9 Å². The summed E-state index contributed by atoms with van der Waals surface area (Å²) in [5.41, 5.74) is -2.81. The lowest BCUT2D eigenvalue weighted by Crippen LogP contribution is -2.18. The molecule has 1 amide bonds. The van der Waals surface area contributed by atoms with Crippen molar-refractivity contribution in [2.24, 2.45) is 5.14 Å². The number of anilines is 1. The predicted octanol–water partition coefficient (Wildman–Crippen LogP) is 0.153. The number of rotatable bonds is 4. The van der Waals surface area contributed by atoms with Crippen LogP contribution in [0.4, 0.5) is 5.69 Å². The van der Waals surface area contributed by atoms with E-state index in [0.717, 1.165) is 19.1 Å². The second-order valence-electron chi connectivity index (χ2n) is 4.87. The Labute approximate surface area is 140 Å². The Hall–Kier alpha value is -3.18. The number of aromatic hydroxyl groups is 2. The van der Waals surface area contributed by atoms with Crippen LogP contribution >= 0.6 is 0 Å². The van der Waals surface area contributed by atoms with E-state index < -0.39 is 50.2 Å². The smallest absolute Gasteiger partial charge is 0.353 e. The first-order valence-electron chi connectivity index (χ1n) is 6.56. The van der Waals surface area contributed by atoms with Gasteiger partial charge in [0.25, 0.3) is 5.91 Å². The molecule has 0 saturated heterocycles. The number of ketones is 1. The molecule has 0 aliphatic rings. The first-order chi connectivity index (χ1) is 11.5. The van der Waals surface area contributed by atoms with Crippen molar-refractivity contribution < 1.29 is 32.6 Å². The van der Waals surface area contributed by atoms with Crippen molar-refractivity contribution in [1.29, 1.82) is 0 Å². The van der Waals surface area contributed by atoms with Crippen molar-refractivity contribution in [3.05, 3.63) is 45.8 Å². The van der Waals surface area contributed by atoms with E-state index in [4.69, 9.17) is 5.14 Å². The molecule has 0 fully saturated rings. The fourth-order valence-corrected chi connectivity index (χ4v) is 2.46. The van der Waals surface area contributed by atoms with E-state index in [1.807, 2.05) is 0 Å². The number of Topliss-reactive ketones (excluding diaryl/α,β-unsaturated/α-hetero) is 1. The van der Waals surface area contributed by atoms with Gasteiger partial charge in [0.1, 0.15) is 5.56 Å². The second-order valence-corrected chi connectivity index (χ2v) is 6.43. The average molecular weight is 368 g/mol. The molecule has 10 nitrogen and oxygen atoms in total. The second kappa shape index (κ2) is 6.37. The maximum atomic E-state index is 12.2. The lowest BCUT2D eigenvalue weighted by molar-refractivity contribution is 0.100. The summed E-state index contributed by atoms with van der Waals surface area (Å²) in [5, 5.41) is 26.7. The maximum absolute atomic E-state index is 12.2. The van der Waals surface area contributed by atoms with E-state index >= 15 is 0 Å². The van der Waals surface area contributed by atoms with Crippen LogP contribution in [0, 0.1) is 0 Å². The minimum atomic E-state index is -3.91. The summed E-state index contributed by atoms with van der Waals surface area (Å²) in [6, 6.07) is 4.65. The molecule has 0 radical (unpaired) electrons. The third kappa shape index (κ3) is 3.67. The van der Waals surface area contributed by atoms with Crippen molar-refractivity contribution >= 4 is 27.4 Å². The molecule has 5 N–H and O–H groups in total. The summed E-state index contributed by atoms with van der Waals surface area (Å²) < 4.78 is 26.7. The molecule has 0 spiro atoms. The monoisotopic (exact) mass is 368 g/mol. The number of benzene rings is 1. The highest BCUT2D eigenvalue weighted by Crippen LogP contribution is 2.29. The number of nitrogens with two attached hydrogens (primary N) is 1. The molecule has 25 heavy (non-hydrogen) atoms. The SMILES string of the molecule is CC(=O)c1c(O)c(C(=O)Nc2ccc(S(N)(=O)=O)cc2)c(O)oc1=O. The normalized spacial score (nSPS) is 11.1. The third-order valence-electron chi connectivity index (χ3n) is 3.10. The average Bonchev–Trinajstić information content (AvgIpc) is 2.45. The number of carbonyl (C=O) groups excluding carboxylic acids is 2. The lowest BCUT2D eigenvalue weighted by atomic mass is 10.1. The Morgan fingerprint density at radius 2 is 1.68 bits per heavy atom. The van der Waals surface area contributed by atoms with Gasteiger partial charge in [0.05, 0.1) is 4.90 Å². The van der Waals surface area contributed by atoms with E-state index in [2.05, 4.69) is 9.73 Å². The van der Waals surface area contributed by atoms with Gasteiger partial charge in [-0.1, -0.05) is 0 Å². The molecule has 2 rings (SSSR count). The Morgan fingerprint density at radius 3 is 2.16 bits per heavy atom. The van der Waals surface area contributed by atoms with Crippen LogP contribution in [0.15, 0.2) is 38.4 Å². The van der Waals surface area contributed by atoms with Gasteiger partial charge in [0, 0.05) is 5.69 Å². The quantitative estimate of drug-likeness (QED) is 0.551. The van der Waals surface area contributed by atoms with Gasteiger partial charge in [0.2, 0.25) is 10.0 Å². The van der Waals surface area contributed by atoms with Crippen LogP contribution in [0.5, 0.6) is 11.7 Å². The van der Waals surface area contributed by atoms with E-state index in [9.17, 15) is 33.0 Å². The highest BCUT2D eigenvalue weighted by atomic mass is 32.2. The van der Waals surface area contributed by atoms with Gasteiger partial charge in [-0.2, -0.15) is 0 Å². The van der Waals surface area contributed by atoms with Crippen molar-refractivity contribution in [3.8, 4) is 11.7 Å². The van der Waals surface area contributed by atoms with E-state index in [-0.39, 0.29) is 10.6 Å². The van der Waals surface area contributed by atoms with Crippen LogP contribution in [-0.2, 0) is 10.0 Å². The number of nitrogens with one attached hydrogen (secondary N) is 1. The minimum Gasteiger partial charge on any atom is -0.506 e. The van der Waals surface area contributed by atoms with E-state index in [1.165, 1.54) is 12.1 Å². The lowest BCUT2D eigenvalue weighted by Gasteiger charge is -2.09. The first-order valence-corrected chi connectivity index (χ1v) is 8.11. The molecule has 0 atom stereocenters. The predicted molar refractivity (Wildman–Crippen MR) is 84.1 cm³/mol. The van der Waals surface area contributed by atoms with Crippen LogP contribution in [0.2, 0.25) is 0 Å². The molecule has 0 bridgehead atoms. The first kappa shape index (κ1) is 18.2. The fourth-order valence-electron chi connectivity index (χ4n) is 1.95. The topological polar surface area (TPSA) is 177 Å². The number of primary sulfonamides is 1. The van der Waals surface area contributed by atoms with Gasteiger partial charge in [-0.25, -0.2) is 18.4 Å². The summed E-state index contributed by atoms with van der Waals surface area (Å²) in [5.74, 6) is -4.16. The Kier molecular flexibility index (Phi) is 4.63. The van der Waals surface area contributed by atoms with Crippen molar-refractivity contribution in [2.75, 3.05) is 5.32 Å². The van der Waals surface area contributed by atoms with Crippen molar-refractivity contribution in [1.82, 2.24) is 0 Å². The standard InChI is InChI=1S/C14H12N2O8S/c1-6(17)9-11(18)10(14(21)24-13(9)20)12(19)16-7-2-4-8(5-3-7)25(15,22)23/h2-5,18,21H,1H3,(H,16,19)(H2,15,22,23). The number of carbonyl (C=O) groups is 2. The minimum absolute atomic E-state index is 0.0896. The van der Waals surface area contributed by atoms with Gasteiger partial charge in [0.15, 0.2) is 17.1 Å². The van der Waals surface area contributed by atoms with E-state index in [1.54, 1.807) is 0 Å². The molecule has 0 aliphatic heterocycles. The summed E-state index contributed by atoms with van der Waals surface area (Å²) >= 11 is 0. The van der Waals surface area contributed by atoms with Crippen LogP contribution in [-0.4, -0.2) is 30.3 Å². The molecule has 0 aliphatic carbocycles. The molecule has 0 saturated carbocycles. The molecule has 1 aromatic carbocycles. The molecular weight excluding hydrogens is 356 g/mol. The maximum Gasteiger partial charge on any atom is 0.353 e. The molecule has 1 heterocycles. The van der Waals surface area contributed by atoms with Crippen LogP contribution in [0.1, 0.15) is 27.6 Å². The molecule has 132 valence electrons. The molecule has 2 aromatic rings. The number of hydrogen-bond acceptors (Lipinski definition) is 8. The zero-order valence-electron chi connectivity index (χ0n) is 12.6. The Morgan fingerprint density at radius 1 is 1.12 bits per heavy atom. The molecule has 11 heteroatoms. The van der Waals surface area contributed by atoms with E-state index in [0.29, 0.717) is 0 Å². The Bertz CT molecular complexity index is 1020. The summed E-state index contributed by atoms with van der Waals surface area (Å²) in [4.78, 5) is 34.8. The van der Waals surface area contributed by atoms with Gasteiger partial charge in [-0.15, -0.1) is 0 Å². The third-order valence-corrected chi connectivity index (χ3v) is 4.03. The van der Waals surface area contributed by atoms with Gasteiger partial charge >= 0.3 is 11.6 Å². The summed E-state index contributed by atoms with van der Waals surface area (Å²) in [7, 11) is -3.91. The number of hydrogen-bond donors (Lipinski definition) is 4. The number of amides is 1. The van der Waals surface area contributed by atoms with Crippen LogP contribution < -0.4 is 16.1 Å². The Balaban J connectivity index is 2.41. The van der Waals surface area contributed by atoms with Crippen LogP contribution in [0.25, 0.3) is 0 Å². The van der Waals surface area contributed by atoms with Crippen molar-refractivity contribution in [3.63, 3.8) is 0 Å².